The molecule has 98 valence electrons. The maximum atomic E-state index is 6.25. The van der Waals surface area contributed by atoms with Crippen LogP contribution in [0, 0.1) is 0 Å². The summed E-state index contributed by atoms with van der Waals surface area (Å²) in [6.45, 7) is 0. The number of nitrogens with two attached hydrogens (primary N) is 1. The molecule has 2 nitrogen and oxygen atoms in total. The molecule has 0 spiro atoms. The quantitative estimate of drug-likeness (QED) is 0.748. The number of nitrogens with zero attached hydrogens (tertiary/aromatic N) is 1. The van der Waals surface area contributed by atoms with Crippen molar-refractivity contribution >= 4 is 29.2 Å². The third-order valence-corrected chi connectivity index (χ3v) is 5.20. The zero-order valence-corrected chi connectivity index (χ0v) is 12.3. The normalized spacial score (nSPS) is 15.4. The van der Waals surface area contributed by atoms with Crippen molar-refractivity contribution in [3.8, 4) is 0 Å². The van der Waals surface area contributed by atoms with E-state index in [0.29, 0.717) is 0 Å². The SMILES string of the molecule is Nc1c2cccc1CSCc1cccc(n1)CSC2. The van der Waals surface area contributed by atoms with Gasteiger partial charge in [0.15, 0.2) is 0 Å². The van der Waals surface area contributed by atoms with Gasteiger partial charge in [0.05, 0.1) is 11.4 Å². The van der Waals surface area contributed by atoms with E-state index in [1.807, 2.05) is 23.5 Å². The molecule has 4 bridgehead atoms. The van der Waals surface area contributed by atoms with Crippen molar-refractivity contribution in [1.29, 1.82) is 0 Å². The van der Waals surface area contributed by atoms with Gasteiger partial charge in [0.1, 0.15) is 0 Å². The topological polar surface area (TPSA) is 38.9 Å². The minimum absolute atomic E-state index is 0.947. The Labute approximate surface area is 122 Å². The molecule has 0 fully saturated rings. The first-order valence-electron chi connectivity index (χ1n) is 6.29. The Morgan fingerprint density at radius 2 is 1.32 bits per heavy atom. The highest BCUT2D eigenvalue weighted by atomic mass is 32.2. The molecule has 1 aliphatic heterocycles. The fourth-order valence-electron chi connectivity index (χ4n) is 2.14. The van der Waals surface area contributed by atoms with Crippen LogP contribution in [0.25, 0.3) is 0 Å². The third-order valence-electron chi connectivity index (χ3n) is 3.17. The number of thioether (sulfide) groups is 2. The standard InChI is InChI=1S/C15H16N2S2/c16-15-11-3-1-4-12(15)8-19-10-14-6-2-5-13(17-14)9-18-7-11/h1-6H,7-10,16H2. The molecule has 2 heterocycles. The zero-order chi connectivity index (χ0) is 13.1. The average molecular weight is 288 g/mol. The summed E-state index contributed by atoms with van der Waals surface area (Å²) in [7, 11) is 0. The summed E-state index contributed by atoms with van der Waals surface area (Å²) in [6.07, 6.45) is 0. The lowest BCUT2D eigenvalue weighted by molar-refractivity contribution is 1.09. The fourth-order valence-corrected chi connectivity index (χ4v) is 4.03. The first-order chi connectivity index (χ1) is 9.33. The van der Waals surface area contributed by atoms with Crippen molar-refractivity contribution in [2.24, 2.45) is 0 Å². The van der Waals surface area contributed by atoms with Crippen LogP contribution in [0.5, 0.6) is 0 Å². The van der Waals surface area contributed by atoms with Crippen LogP contribution < -0.4 is 5.73 Å². The van der Waals surface area contributed by atoms with Crippen molar-refractivity contribution in [3.05, 3.63) is 58.9 Å². The summed E-state index contributed by atoms with van der Waals surface area (Å²) < 4.78 is 0. The van der Waals surface area contributed by atoms with Gasteiger partial charge in [0.2, 0.25) is 0 Å². The van der Waals surface area contributed by atoms with E-state index in [-0.39, 0.29) is 0 Å². The highest BCUT2D eigenvalue weighted by Crippen LogP contribution is 2.28. The Kier molecular flexibility index (Phi) is 3.99. The van der Waals surface area contributed by atoms with Crippen LogP contribution in [0.3, 0.4) is 0 Å². The molecule has 4 heteroatoms. The molecule has 0 atom stereocenters. The van der Waals surface area contributed by atoms with Crippen LogP contribution in [-0.4, -0.2) is 4.98 Å². The second kappa shape index (κ2) is 5.88. The third kappa shape index (κ3) is 3.07. The van der Waals surface area contributed by atoms with Crippen LogP contribution in [-0.2, 0) is 23.0 Å². The van der Waals surface area contributed by atoms with Crippen molar-refractivity contribution in [2.75, 3.05) is 5.73 Å². The predicted molar refractivity (Wildman–Crippen MR) is 85.1 cm³/mol. The summed E-state index contributed by atoms with van der Waals surface area (Å²) in [5.74, 6) is 3.80. The maximum absolute atomic E-state index is 6.25. The van der Waals surface area contributed by atoms with Crippen LogP contribution in [0.2, 0.25) is 0 Å². The number of rotatable bonds is 0. The van der Waals surface area contributed by atoms with Gasteiger partial charge >= 0.3 is 0 Å². The Morgan fingerprint density at radius 1 is 0.789 bits per heavy atom. The second-order valence-electron chi connectivity index (χ2n) is 4.60. The Bertz CT molecular complexity index is 541. The number of para-hydroxylation sites is 1. The smallest absolute Gasteiger partial charge is 0.0506 e. The molecule has 0 saturated carbocycles. The minimum atomic E-state index is 0.947. The molecule has 1 aromatic heterocycles. The molecule has 1 aromatic carbocycles. The van der Waals surface area contributed by atoms with Crippen molar-refractivity contribution < 1.29 is 0 Å². The monoisotopic (exact) mass is 288 g/mol. The number of anilines is 1. The summed E-state index contributed by atoms with van der Waals surface area (Å²) in [4.78, 5) is 4.69. The number of fused-ring (bicyclic) bond motifs is 4. The number of nitrogen functional groups attached to an aromatic ring is 1. The van der Waals surface area contributed by atoms with Gasteiger partial charge in [-0.3, -0.25) is 4.98 Å². The molecule has 0 aliphatic carbocycles. The minimum Gasteiger partial charge on any atom is -0.398 e. The average Bonchev–Trinajstić information content (AvgIpc) is 2.42. The predicted octanol–water partition coefficient (Wildman–Crippen LogP) is 3.84. The molecule has 19 heavy (non-hydrogen) atoms. The Morgan fingerprint density at radius 3 is 1.89 bits per heavy atom. The summed E-state index contributed by atoms with van der Waals surface area (Å²) in [5, 5.41) is 0. The number of hydrogen-bond acceptors (Lipinski definition) is 4. The van der Waals surface area contributed by atoms with Crippen molar-refractivity contribution in [3.63, 3.8) is 0 Å². The van der Waals surface area contributed by atoms with Gasteiger partial charge in [-0.15, -0.1) is 0 Å². The zero-order valence-electron chi connectivity index (χ0n) is 10.6. The summed E-state index contributed by atoms with van der Waals surface area (Å²) >= 11 is 3.75. The molecular formula is C15H16N2S2. The van der Waals surface area contributed by atoms with Gasteiger partial charge in [-0.25, -0.2) is 0 Å². The first kappa shape index (κ1) is 12.9. The second-order valence-corrected chi connectivity index (χ2v) is 6.57. The Balaban J connectivity index is 1.89. The lowest BCUT2D eigenvalue weighted by Gasteiger charge is -2.12. The van der Waals surface area contributed by atoms with Crippen LogP contribution in [0.4, 0.5) is 5.69 Å². The number of pyridine rings is 1. The van der Waals surface area contributed by atoms with E-state index < -0.39 is 0 Å². The van der Waals surface area contributed by atoms with E-state index in [2.05, 4.69) is 36.4 Å². The van der Waals surface area contributed by atoms with Gasteiger partial charge in [-0.1, -0.05) is 24.3 Å². The van der Waals surface area contributed by atoms with Crippen molar-refractivity contribution in [2.45, 2.75) is 23.0 Å². The fraction of sp³-hybridized carbons (Fsp3) is 0.267. The molecular weight excluding hydrogens is 272 g/mol. The molecule has 0 unspecified atom stereocenters. The van der Waals surface area contributed by atoms with E-state index in [9.17, 15) is 0 Å². The molecule has 0 amide bonds. The van der Waals surface area contributed by atoms with Crippen LogP contribution in [0.1, 0.15) is 22.5 Å². The van der Waals surface area contributed by atoms with E-state index in [0.717, 1.165) is 28.7 Å². The van der Waals surface area contributed by atoms with Gasteiger partial charge in [0, 0.05) is 28.7 Å². The lowest BCUT2D eigenvalue weighted by atomic mass is 10.1. The van der Waals surface area contributed by atoms with Gasteiger partial charge in [0.25, 0.3) is 0 Å². The maximum Gasteiger partial charge on any atom is 0.0506 e. The number of hydrogen-bond donors (Lipinski definition) is 1. The van der Waals surface area contributed by atoms with Crippen LogP contribution >= 0.6 is 23.5 Å². The summed E-state index contributed by atoms with van der Waals surface area (Å²) in [6, 6.07) is 12.7. The van der Waals surface area contributed by atoms with Gasteiger partial charge in [-0.2, -0.15) is 23.5 Å². The number of benzene rings is 1. The Hall–Kier alpha value is -1.13. The van der Waals surface area contributed by atoms with Crippen molar-refractivity contribution in [1.82, 2.24) is 4.98 Å². The lowest BCUT2D eigenvalue weighted by Crippen LogP contribution is -2.00. The molecule has 3 rings (SSSR count). The molecule has 2 N–H and O–H groups in total. The molecule has 0 saturated heterocycles. The molecule has 1 aliphatic rings. The highest BCUT2D eigenvalue weighted by molar-refractivity contribution is 7.98. The van der Waals surface area contributed by atoms with E-state index >= 15 is 0 Å². The summed E-state index contributed by atoms with van der Waals surface area (Å²) in [5.41, 5.74) is 12.1. The number of aromatic nitrogens is 1. The van der Waals surface area contributed by atoms with E-state index in [1.165, 1.54) is 22.5 Å². The molecule has 0 radical (unpaired) electrons. The molecule has 2 aromatic rings. The van der Waals surface area contributed by atoms with Gasteiger partial charge < -0.3 is 5.73 Å². The highest BCUT2D eigenvalue weighted by Gasteiger charge is 2.08. The van der Waals surface area contributed by atoms with Gasteiger partial charge in [-0.05, 0) is 23.3 Å². The largest absolute Gasteiger partial charge is 0.398 e. The van der Waals surface area contributed by atoms with E-state index in [4.69, 9.17) is 10.7 Å². The first-order valence-corrected chi connectivity index (χ1v) is 8.60. The van der Waals surface area contributed by atoms with E-state index in [1.54, 1.807) is 0 Å². The van der Waals surface area contributed by atoms with Crippen LogP contribution in [0.15, 0.2) is 36.4 Å².